The lowest BCUT2D eigenvalue weighted by Gasteiger charge is -2.32. The summed E-state index contributed by atoms with van der Waals surface area (Å²) in [5, 5.41) is 2.95. The molecule has 6 heteroatoms. The van der Waals surface area contributed by atoms with Crippen molar-refractivity contribution in [1.29, 1.82) is 0 Å². The zero-order chi connectivity index (χ0) is 18.2. The molecule has 2 rings (SSSR count). The van der Waals surface area contributed by atoms with Crippen molar-refractivity contribution in [3.8, 4) is 0 Å². The van der Waals surface area contributed by atoms with Gasteiger partial charge in [0, 0.05) is 37.6 Å². The van der Waals surface area contributed by atoms with Crippen molar-refractivity contribution >= 4 is 45.6 Å². The Bertz CT molecular complexity index is 565. The van der Waals surface area contributed by atoms with Crippen LogP contribution in [0.3, 0.4) is 0 Å². The highest BCUT2D eigenvalue weighted by Gasteiger charge is 2.16. The Morgan fingerprint density at radius 3 is 2.40 bits per heavy atom. The third kappa shape index (κ3) is 6.19. The first-order chi connectivity index (χ1) is 12.0. The number of carbonyl (C=O) groups is 1. The van der Waals surface area contributed by atoms with Crippen molar-refractivity contribution in [1.82, 2.24) is 4.90 Å². The number of carbonyl (C=O) groups excluding carboxylic acids is 1. The predicted octanol–water partition coefficient (Wildman–Crippen LogP) is 4.22. The molecule has 1 amide bonds. The number of amides is 1. The second-order valence-electron chi connectivity index (χ2n) is 6.49. The van der Waals surface area contributed by atoms with Crippen LogP contribution in [0.4, 0.5) is 11.4 Å². The molecule has 1 aromatic carbocycles. The average molecular weight is 380 g/mol. The third-order valence-corrected chi connectivity index (χ3v) is 6.17. The number of rotatable bonds is 6. The standard InChI is InChI=1S/C19H29N3OS2/c1-4-21(5-2)19(24)25-14-18(23)20-16-6-8-17(9-7-16)22-12-10-15(3)11-13-22/h6-9,15H,4-5,10-14H2,1-3H3,(H,20,23). The summed E-state index contributed by atoms with van der Waals surface area (Å²) in [6, 6.07) is 8.16. The fraction of sp³-hybridized carbons (Fsp3) is 0.579. The monoisotopic (exact) mass is 379 g/mol. The largest absolute Gasteiger partial charge is 0.372 e. The van der Waals surface area contributed by atoms with E-state index in [1.165, 1.54) is 30.3 Å². The Labute approximate surface area is 161 Å². The van der Waals surface area contributed by atoms with Gasteiger partial charge in [-0.05, 0) is 56.9 Å². The summed E-state index contributed by atoms with van der Waals surface area (Å²) in [7, 11) is 0. The molecule has 1 aromatic rings. The van der Waals surface area contributed by atoms with Crippen LogP contribution >= 0.6 is 24.0 Å². The molecule has 0 unspecified atom stereocenters. The van der Waals surface area contributed by atoms with Gasteiger partial charge in [0.05, 0.1) is 5.75 Å². The summed E-state index contributed by atoms with van der Waals surface area (Å²) in [5.41, 5.74) is 2.08. The van der Waals surface area contributed by atoms with Gasteiger partial charge < -0.3 is 15.1 Å². The number of hydrogen-bond acceptors (Lipinski definition) is 4. The molecule has 138 valence electrons. The molecule has 0 aliphatic carbocycles. The van der Waals surface area contributed by atoms with Gasteiger partial charge in [-0.15, -0.1) is 0 Å². The molecule has 0 aromatic heterocycles. The van der Waals surface area contributed by atoms with E-state index in [1.54, 1.807) is 0 Å². The first-order valence-corrected chi connectivity index (χ1v) is 10.5. The number of thioether (sulfide) groups is 1. The van der Waals surface area contributed by atoms with E-state index in [4.69, 9.17) is 12.2 Å². The van der Waals surface area contributed by atoms with E-state index in [0.717, 1.165) is 42.1 Å². The molecule has 0 atom stereocenters. The van der Waals surface area contributed by atoms with Gasteiger partial charge in [0.2, 0.25) is 5.91 Å². The summed E-state index contributed by atoms with van der Waals surface area (Å²) in [5.74, 6) is 1.16. The molecule has 0 spiro atoms. The number of benzene rings is 1. The molecule has 1 saturated heterocycles. The molecule has 1 N–H and O–H groups in total. The minimum Gasteiger partial charge on any atom is -0.372 e. The summed E-state index contributed by atoms with van der Waals surface area (Å²) >= 11 is 6.78. The topological polar surface area (TPSA) is 35.6 Å². The van der Waals surface area contributed by atoms with Crippen LogP contribution in [0, 0.1) is 5.92 Å². The highest BCUT2D eigenvalue weighted by molar-refractivity contribution is 8.23. The van der Waals surface area contributed by atoms with Crippen molar-refractivity contribution in [2.24, 2.45) is 5.92 Å². The second-order valence-corrected chi connectivity index (χ2v) is 8.10. The maximum Gasteiger partial charge on any atom is 0.234 e. The molecule has 1 aliphatic rings. The molecular weight excluding hydrogens is 350 g/mol. The molecule has 25 heavy (non-hydrogen) atoms. The van der Waals surface area contributed by atoms with E-state index >= 15 is 0 Å². The second kappa shape index (κ2) is 10.0. The number of thiocarbonyl (C=S) groups is 1. The van der Waals surface area contributed by atoms with Gasteiger partial charge >= 0.3 is 0 Å². The molecule has 4 nitrogen and oxygen atoms in total. The molecule has 0 radical (unpaired) electrons. The fourth-order valence-electron chi connectivity index (χ4n) is 2.92. The summed E-state index contributed by atoms with van der Waals surface area (Å²) in [6.07, 6.45) is 2.50. The summed E-state index contributed by atoms with van der Waals surface area (Å²) in [4.78, 5) is 16.6. The Morgan fingerprint density at radius 1 is 1.24 bits per heavy atom. The number of nitrogens with one attached hydrogen (secondary N) is 1. The van der Waals surface area contributed by atoms with Crippen molar-refractivity contribution in [2.75, 3.05) is 42.1 Å². The zero-order valence-corrected chi connectivity index (χ0v) is 17.1. The van der Waals surface area contributed by atoms with Crippen molar-refractivity contribution in [2.45, 2.75) is 33.6 Å². The lowest BCUT2D eigenvalue weighted by molar-refractivity contribution is -0.113. The average Bonchev–Trinajstić information content (AvgIpc) is 2.62. The van der Waals surface area contributed by atoms with Crippen LogP contribution < -0.4 is 10.2 Å². The number of piperidine rings is 1. The normalized spacial score (nSPS) is 15.1. The van der Waals surface area contributed by atoms with Gasteiger partial charge in [0.1, 0.15) is 4.32 Å². The Morgan fingerprint density at radius 2 is 1.84 bits per heavy atom. The van der Waals surface area contributed by atoms with Crippen molar-refractivity contribution in [3.05, 3.63) is 24.3 Å². The quantitative estimate of drug-likeness (QED) is 0.749. The highest BCUT2D eigenvalue weighted by Crippen LogP contribution is 2.24. The minimum absolute atomic E-state index is 0.0148. The van der Waals surface area contributed by atoms with Crippen LogP contribution in [0.1, 0.15) is 33.6 Å². The smallest absolute Gasteiger partial charge is 0.234 e. The van der Waals surface area contributed by atoms with Crippen LogP contribution in [0.15, 0.2) is 24.3 Å². The number of hydrogen-bond donors (Lipinski definition) is 1. The van der Waals surface area contributed by atoms with Gasteiger partial charge in [-0.1, -0.05) is 30.9 Å². The molecular formula is C19H29N3OS2. The minimum atomic E-state index is -0.0148. The summed E-state index contributed by atoms with van der Waals surface area (Å²) < 4.78 is 0.787. The van der Waals surface area contributed by atoms with Crippen molar-refractivity contribution in [3.63, 3.8) is 0 Å². The van der Waals surface area contributed by atoms with Crippen molar-refractivity contribution < 1.29 is 4.79 Å². The molecule has 1 fully saturated rings. The maximum atomic E-state index is 12.1. The van der Waals surface area contributed by atoms with Gasteiger partial charge in [-0.2, -0.15) is 0 Å². The van der Waals surface area contributed by atoms with E-state index in [0.29, 0.717) is 5.75 Å². The van der Waals surface area contributed by atoms with Gasteiger partial charge in [-0.3, -0.25) is 4.79 Å². The van der Waals surface area contributed by atoms with Gasteiger partial charge in [0.15, 0.2) is 0 Å². The lowest BCUT2D eigenvalue weighted by atomic mass is 9.99. The summed E-state index contributed by atoms with van der Waals surface area (Å²) in [6.45, 7) is 10.4. The lowest BCUT2D eigenvalue weighted by Crippen LogP contribution is -2.32. The van der Waals surface area contributed by atoms with Crippen LogP contribution in [0.2, 0.25) is 0 Å². The first kappa shape index (κ1) is 20.0. The Balaban J connectivity index is 1.80. The number of nitrogens with zero attached hydrogens (tertiary/aromatic N) is 2. The fourth-order valence-corrected chi connectivity index (χ4v) is 4.12. The highest BCUT2D eigenvalue weighted by atomic mass is 32.2. The van der Waals surface area contributed by atoms with Crippen LogP contribution in [-0.4, -0.2) is 47.1 Å². The third-order valence-electron chi connectivity index (χ3n) is 4.65. The van der Waals surface area contributed by atoms with E-state index in [2.05, 4.69) is 48.0 Å². The van der Waals surface area contributed by atoms with E-state index < -0.39 is 0 Å². The molecule has 0 saturated carbocycles. The molecule has 1 heterocycles. The van der Waals surface area contributed by atoms with E-state index in [9.17, 15) is 4.79 Å². The number of anilines is 2. The molecule has 0 bridgehead atoms. The van der Waals surface area contributed by atoms with Crippen LogP contribution in [0.25, 0.3) is 0 Å². The van der Waals surface area contributed by atoms with E-state index in [1.807, 2.05) is 12.1 Å². The SMILES string of the molecule is CCN(CC)C(=S)SCC(=O)Nc1ccc(N2CCC(C)CC2)cc1. The Hall–Kier alpha value is -1.27. The van der Waals surface area contributed by atoms with Crippen LogP contribution in [0.5, 0.6) is 0 Å². The van der Waals surface area contributed by atoms with Gasteiger partial charge in [-0.25, -0.2) is 0 Å². The van der Waals surface area contributed by atoms with Gasteiger partial charge in [0.25, 0.3) is 0 Å². The maximum absolute atomic E-state index is 12.1. The first-order valence-electron chi connectivity index (χ1n) is 9.10. The predicted molar refractivity (Wildman–Crippen MR) is 114 cm³/mol. The molecule has 1 aliphatic heterocycles. The van der Waals surface area contributed by atoms with Crippen LogP contribution in [-0.2, 0) is 4.79 Å². The Kier molecular flexibility index (Phi) is 8.03. The zero-order valence-electron chi connectivity index (χ0n) is 15.5. The van der Waals surface area contributed by atoms with E-state index in [-0.39, 0.29) is 5.91 Å².